The molecule has 2 heterocycles. The Bertz CT molecular complexity index is 442. The highest BCUT2D eigenvalue weighted by atomic mass is 16.5. The van der Waals surface area contributed by atoms with Crippen LogP contribution in [-0.4, -0.2) is 28.2 Å². The fourth-order valence-corrected chi connectivity index (χ4v) is 2.63. The predicted octanol–water partition coefficient (Wildman–Crippen LogP) is 1.97. The van der Waals surface area contributed by atoms with Crippen LogP contribution in [0, 0.1) is 11.8 Å². The maximum Gasteiger partial charge on any atom is 0.226 e. The van der Waals surface area contributed by atoms with Crippen molar-refractivity contribution in [3.8, 4) is 0 Å². The maximum absolute atomic E-state index is 12.2. The molecule has 0 saturated carbocycles. The molecule has 2 atom stereocenters. The molecule has 112 valence electrons. The minimum atomic E-state index is -0.0303. The number of ether oxygens (including phenoxy) is 1. The smallest absolute Gasteiger partial charge is 0.226 e. The number of hydrogen-bond acceptors (Lipinski definition) is 3. The molecule has 0 aromatic carbocycles. The van der Waals surface area contributed by atoms with Crippen LogP contribution in [0.2, 0.25) is 0 Å². The van der Waals surface area contributed by atoms with Crippen molar-refractivity contribution in [2.75, 3.05) is 6.61 Å². The quantitative estimate of drug-likeness (QED) is 0.896. The van der Waals surface area contributed by atoms with Crippen molar-refractivity contribution in [2.24, 2.45) is 11.8 Å². The lowest BCUT2D eigenvalue weighted by atomic mass is 9.94. The van der Waals surface area contributed by atoms with Gasteiger partial charge in [0.05, 0.1) is 18.6 Å². The van der Waals surface area contributed by atoms with E-state index in [1.807, 2.05) is 13.1 Å². The molecule has 1 fully saturated rings. The summed E-state index contributed by atoms with van der Waals surface area (Å²) < 4.78 is 7.65. The number of carbonyl (C=O) groups is 1. The van der Waals surface area contributed by atoms with E-state index in [0.29, 0.717) is 12.5 Å². The molecule has 0 radical (unpaired) electrons. The third kappa shape index (κ3) is 3.82. The van der Waals surface area contributed by atoms with Gasteiger partial charge in [0.2, 0.25) is 5.91 Å². The molecular weight excluding hydrogens is 254 g/mol. The number of rotatable bonds is 5. The number of amides is 1. The molecule has 5 heteroatoms. The fraction of sp³-hybridized carbons (Fsp3) is 0.733. The Balaban J connectivity index is 1.88. The highest BCUT2D eigenvalue weighted by molar-refractivity contribution is 5.79. The molecule has 5 nitrogen and oxygen atoms in total. The lowest BCUT2D eigenvalue weighted by Gasteiger charge is -2.28. The van der Waals surface area contributed by atoms with E-state index in [1.54, 1.807) is 6.20 Å². The monoisotopic (exact) mass is 279 g/mol. The van der Waals surface area contributed by atoms with Crippen LogP contribution in [0.3, 0.4) is 0 Å². The van der Waals surface area contributed by atoms with Gasteiger partial charge in [-0.25, -0.2) is 4.98 Å². The molecular formula is C15H25N3O2. The Labute approximate surface area is 120 Å². The average molecular weight is 279 g/mol. The summed E-state index contributed by atoms with van der Waals surface area (Å²) in [6.07, 6.45) is 5.64. The summed E-state index contributed by atoms with van der Waals surface area (Å²) in [5.41, 5.74) is 0. The van der Waals surface area contributed by atoms with Crippen LogP contribution in [0.5, 0.6) is 0 Å². The van der Waals surface area contributed by atoms with E-state index in [4.69, 9.17) is 4.74 Å². The van der Waals surface area contributed by atoms with E-state index in [2.05, 4.69) is 28.7 Å². The molecule has 0 aliphatic carbocycles. The Morgan fingerprint density at radius 2 is 2.40 bits per heavy atom. The normalized spacial score (nSPS) is 23.0. The van der Waals surface area contributed by atoms with Crippen molar-refractivity contribution in [3.63, 3.8) is 0 Å². The first-order valence-electron chi connectivity index (χ1n) is 7.47. The van der Waals surface area contributed by atoms with E-state index in [-0.39, 0.29) is 17.9 Å². The summed E-state index contributed by atoms with van der Waals surface area (Å²) in [5, 5.41) is 3.00. The van der Waals surface area contributed by atoms with Crippen LogP contribution in [0.25, 0.3) is 0 Å². The van der Waals surface area contributed by atoms with Crippen LogP contribution >= 0.6 is 0 Å². The molecule has 2 rings (SSSR count). The second kappa shape index (κ2) is 6.88. The van der Waals surface area contributed by atoms with Crippen molar-refractivity contribution in [2.45, 2.75) is 52.8 Å². The third-order valence-electron chi connectivity index (χ3n) is 3.73. The molecule has 1 aromatic heterocycles. The molecule has 1 saturated heterocycles. The molecule has 0 bridgehead atoms. The van der Waals surface area contributed by atoms with Gasteiger partial charge in [0.15, 0.2) is 0 Å². The standard InChI is InChI=1S/C15H25N3O2/c1-11(2)10-18-7-6-16-14(18)9-17-15(19)13-5-4-8-20-12(13)3/h6-7,11-13H,4-5,8-10H2,1-3H3,(H,17,19)/t12-,13+/m0/s1. The number of imidazole rings is 1. The Morgan fingerprint density at radius 1 is 1.60 bits per heavy atom. The number of hydrogen-bond donors (Lipinski definition) is 1. The molecule has 1 aliphatic heterocycles. The zero-order chi connectivity index (χ0) is 14.5. The lowest BCUT2D eigenvalue weighted by molar-refractivity contribution is -0.133. The minimum absolute atomic E-state index is 0.0131. The van der Waals surface area contributed by atoms with E-state index in [9.17, 15) is 4.79 Å². The zero-order valence-electron chi connectivity index (χ0n) is 12.6. The molecule has 1 aromatic rings. The van der Waals surface area contributed by atoms with Gasteiger partial charge in [0.1, 0.15) is 5.82 Å². The number of nitrogens with one attached hydrogen (secondary N) is 1. The molecule has 0 spiro atoms. The highest BCUT2D eigenvalue weighted by Crippen LogP contribution is 2.20. The molecule has 0 unspecified atom stereocenters. The van der Waals surface area contributed by atoms with Crippen molar-refractivity contribution in [1.29, 1.82) is 0 Å². The van der Waals surface area contributed by atoms with E-state index < -0.39 is 0 Å². The number of carbonyl (C=O) groups excluding carboxylic acids is 1. The summed E-state index contributed by atoms with van der Waals surface area (Å²) >= 11 is 0. The van der Waals surface area contributed by atoms with Crippen LogP contribution in [0.4, 0.5) is 0 Å². The summed E-state index contributed by atoms with van der Waals surface area (Å²) in [5.74, 6) is 1.52. The van der Waals surface area contributed by atoms with Gasteiger partial charge in [-0.05, 0) is 25.7 Å². The van der Waals surface area contributed by atoms with Crippen LogP contribution in [-0.2, 0) is 22.6 Å². The largest absolute Gasteiger partial charge is 0.378 e. The van der Waals surface area contributed by atoms with E-state index in [1.165, 1.54) is 0 Å². The van der Waals surface area contributed by atoms with Gasteiger partial charge >= 0.3 is 0 Å². The Hall–Kier alpha value is -1.36. The Kier molecular flexibility index (Phi) is 5.17. The first kappa shape index (κ1) is 15.0. The van der Waals surface area contributed by atoms with Gasteiger partial charge in [-0.1, -0.05) is 13.8 Å². The van der Waals surface area contributed by atoms with Gasteiger partial charge in [0.25, 0.3) is 0 Å². The fourth-order valence-electron chi connectivity index (χ4n) is 2.63. The third-order valence-corrected chi connectivity index (χ3v) is 3.73. The minimum Gasteiger partial charge on any atom is -0.378 e. The molecule has 20 heavy (non-hydrogen) atoms. The van der Waals surface area contributed by atoms with Gasteiger partial charge in [-0.15, -0.1) is 0 Å². The van der Waals surface area contributed by atoms with Crippen LogP contribution in [0.15, 0.2) is 12.4 Å². The molecule has 1 amide bonds. The van der Waals surface area contributed by atoms with Gasteiger partial charge in [-0.3, -0.25) is 4.79 Å². The second-order valence-electron chi connectivity index (χ2n) is 5.93. The summed E-state index contributed by atoms with van der Waals surface area (Å²) in [4.78, 5) is 16.5. The van der Waals surface area contributed by atoms with E-state index >= 15 is 0 Å². The van der Waals surface area contributed by atoms with Gasteiger partial charge < -0.3 is 14.6 Å². The van der Waals surface area contributed by atoms with Crippen LogP contribution < -0.4 is 5.32 Å². The Morgan fingerprint density at radius 3 is 3.10 bits per heavy atom. The maximum atomic E-state index is 12.2. The first-order chi connectivity index (χ1) is 9.58. The van der Waals surface area contributed by atoms with Crippen molar-refractivity contribution >= 4 is 5.91 Å². The zero-order valence-corrected chi connectivity index (χ0v) is 12.6. The topological polar surface area (TPSA) is 56.2 Å². The van der Waals surface area contributed by atoms with E-state index in [0.717, 1.165) is 31.8 Å². The highest BCUT2D eigenvalue weighted by Gasteiger charge is 2.28. The SMILES string of the molecule is CC(C)Cn1ccnc1CNC(=O)[C@@H]1CCCO[C@H]1C. The number of nitrogens with zero attached hydrogens (tertiary/aromatic N) is 2. The molecule has 1 aliphatic rings. The number of aromatic nitrogens is 2. The van der Waals surface area contributed by atoms with Crippen molar-refractivity contribution in [1.82, 2.24) is 14.9 Å². The van der Waals surface area contributed by atoms with Crippen molar-refractivity contribution in [3.05, 3.63) is 18.2 Å². The predicted molar refractivity (Wildman–Crippen MR) is 77.0 cm³/mol. The summed E-state index contributed by atoms with van der Waals surface area (Å²) in [6, 6.07) is 0. The summed E-state index contributed by atoms with van der Waals surface area (Å²) in [7, 11) is 0. The average Bonchev–Trinajstić information content (AvgIpc) is 2.83. The lowest BCUT2D eigenvalue weighted by Crippen LogP contribution is -2.40. The van der Waals surface area contributed by atoms with Crippen molar-refractivity contribution < 1.29 is 9.53 Å². The molecule has 1 N–H and O–H groups in total. The van der Waals surface area contributed by atoms with Gasteiger partial charge in [-0.2, -0.15) is 0 Å². The summed E-state index contributed by atoms with van der Waals surface area (Å²) in [6.45, 7) is 8.50. The van der Waals surface area contributed by atoms with Gasteiger partial charge in [0, 0.05) is 25.5 Å². The first-order valence-corrected chi connectivity index (χ1v) is 7.47. The van der Waals surface area contributed by atoms with Crippen LogP contribution in [0.1, 0.15) is 39.4 Å². The second-order valence-corrected chi connectivity index (χ2v) is 5.93.